The maximum Gasteiger partial charge on any atom is 0.271 e. The Morgan fingerprint density at radius 2 is 1.82 bits per heavy atom. The van der Waals surface area contributed by atoms with E-state index in [0.717, 1.165) is 10.4 Å². The first kappa shape index (κ1) is 22.6. The molecular formula is C22H18ClN3O6S. The lowest BCUT2D eigenvalue weighted by Crippen LogP contribution is -2.49. The summed E-state index contributed by atoms with van der Waals surface area (Å²) in [5, 5.41) is 13.6. The van der Waals surface area contributed by atoms with Crippen LogP contribution in [-0.2, 0) is 20.6 Å². The second-order valence-corrected chi connectivity index (χ2v) is 9.56. The van der Waals surface area contributed by atoms with Crippen molar-refractivity contribution in [3.05, 3.63) is 93.5 Å². The minimum atomic E-state index is -3.86. The van der Waals surface area contributed by atoms with E-state index >= 15 is 0 Å². The van der Waals surface area contributed by atoms with Crippen LogP contribution in [-0.4, -0.2) is 31.9 Å². The smallest absolute Gasteiger partial charge is 0.271 e. The van der Waals surface area contributed by atoms with Gasteiger partial charge in [-0.05, 0) is 23.8 Å². The number of nitro benzene ring substituents is 1. The van der Waals surface area contributed by atoms with Gasteiger partial charge >= 0.3 is 0 Å². The summed E-state index contributed by atoms with van der Waals surface area (Å²) < 4.78 is 33.4. The quantitative estimate of drug-likeness (QED) is 0.415. The van der Waals surface area contributed by atoms with Crippen LogP contribution in [0.15, 0.2) is 72.8 Å². The molecule has 33 heavy (non-hydrogen) atoms. The number of hydrogen-bond donors (Lipinski definition) is 1. The molecule has 0 radical (unpaired) electrons. The maximum absolute atomic E-state index is 13.3. The van der Waals surface area contributed by atoms with Crippen molar-refractivity contribution >= 4 is 44.6 Å². The van der Waals surface area contributed by atoms with E-state index in [9.17, 15) is 23.3 Å². The number of carbonyl (C=O) groups excluding carboxylic acids is 1. The van der Waals surface area contributed by atoms with E-state index in [0.29, 0.717) is 11.3 Å². The number of benzene rings is 3. The van der Waals surface area contributed by atoms with Crippen LogP contribution in [0.25, 0.3) is 0 Å². The molecule has 9 nitrogen and oxygen atoms in total. The van der Waals surface area contributed by atoms with E-state index in [1.54, 1.807) is 54.6 Å². The van der Waals surface area contributed by atoms with Crippen molar-refractivity contribution in [3.8, 4) is 5.75 Å². The topological polar surface area (TPSA) is 119 Å². The number of nitrogens with one attached hydrogen (secondary N) is 1. The molecule has 11 heteroatoms. The molecule has 1 N–H and O–H groups in total. The predicted octanol–water partition coefficient (Wildman–Crippen LogP) is 3.98. The van der Waals surface area contributed by atoms with Crippen molar-refractivity contribution in [2.75, 3.05) is 16.2 Å². The van der Waals surface area contributed by atoms with Crippen LogP contribution >= 0.6 is 11.6 Å². The molecule has 0 saturated heterocycles. The lowest BCUT2D eigenvalue weighted by molar-refractivity contribution is -0.384. The van der Waals surface area contributed by atoms with E-state index in [-0.39, 0.29) is 34.4 Å². The first-order chi connectivity index (χ1) is 15.7. The van der Waals surface area contributed by atoms with E-state index in [1.807, 2.05) is 0 Å². The van der Waals surface area contributed by atoms with E-state index in [2.05, 4.69) is 5.32 Å². The van der Waals surface area contributed by atoms with Crippen molar-refractivity contribution in [3.63, 3.8) is 0 Å². The molecular weight excluding hydrogens is 470 g/mol. The molecule has 3 aromatic carbocycles. The highest BCUT2D eigenvalue weighted by atomic mass is 35.5. The number of nitrogens with zero attached hydrogens (tertiary/aromatic N) is 2. The van der Waals surface area contributed by atoms with Gasteiger partial charge in [-0.2, -0.15) is 0 Å². The van der Waals surface area contributed by atoms with E-state index in [4.69, 9.17) is 16.3 Å². The normalized spacial score (nSPS) is 15.3. The third-order valence-corrected chi connectivity index (χ3v) is 7.02. The largest absolute Gasteiger partial charge is 0.476 e. The summed E-state index contributed by atoms with van der Waals surface area (Å²) in [5.41, 5.74) is 0.699. The Morgan fingerprint density at radius 3 is 2.55 bits per heavy atom. The monoisotopic (exact) mass is 487 g/mol. The summed E-state index contributed by atoms with van der Waals surface area (Å²) in [6.45, 7) is -0.273. The first-order valence-corrected chi connectivity index (χ1v) is 11.8. The Kier molecular flexibility index (Phi) is 6.21. The summed E-state index contributed by atoms with van der Waals surface area (Å²) in [6, 6.07) is 18.8. The zero-order chi connectivity index (χ0) is 23.6. The summed E-state index contributed by atoms with van der Waals surface area (Å²) in [5.74, 6) is -0.717. The van der Waals surface area contributed by atoms with Crippen LogP contribution < -0.4 is 14.4 Å². The molecule has 1 aliphatic heterocycles. The van der Waals surface area contributed by atoms with Crippen LogP contribution in [0, 0.1) is 10.1 Å². The maximum atomic E-state index is 13.3. The lowest BCUT2D eigenvalue weighted by atomic mass is 10.2. The highest BCUT2D eigenvalue weighted by molar-refractivity contribution is 7.92. The SMILES string of the molecule is O=C(Nc1cc([N+](=O)[O-])ccc1Cl)[C@H]1CN(S(=O)(=O)Cc2ccccc2)c2ccccc2O1. The number of sulfonamides is 1. The number of halogens is 1. The second kappa shape index (κ2) is 9.08. The fraction of sp³-hybridized carbons (Fsp3) is 0.136. The molecule has 170 valence electrons. The number of non-ortho nitro benzene ring substituents is 1. The fourth-order valence-corrected chi connectivity index (χ4v) is 5.15. The van der Waals surface area contributed by atoms with Crippen molar-refractivity contribution in [2.24, 2.45) is 0 Å². The number of ether oxygens (including phenoxy) is 1. The first-order valence-electron chi connectivity index (χ1n) is 9.79. The Labute approximate surface area is 194 Å². The zero-order valence-electron chi connectivity index (χ0n) is 17.0. The van der Waals surface area contributed by atoms with Crippen LogP contribution in [0.4, 0.5) is 17.1 Å². The molecule has 0 saturated carbocycles. The molecule has 1 atom stereocenters. The van der Waals surface area contributed by atoms with Crippen molar-refractivity contribution in [2.45, 2.75) is 11.9 Å². The number of fused-ring (bicyclic) bond motifs is 1. The predicted molar refractivity (Wildman–Crippen MR) is 124 cm³/mol. The fourth-order valence-electron chi connectivity index (χ4n) is 3.40. The van der Waals surface area contributed by atoms with Gasteiger partial charge in [-0.3, -0.25) is 19.2 Å². The standard InChI is InChI=1S/C22H18ClN3O6S/c23-17-11-10-16(26(28)29)12-18(17)24-22(27)21-13-25(19-8-4-5-9-20(19)32-21)33(30,31)14-15-6-2-1-3-7-15/h1-12,21H,13-14H2,(H,24,27)/t21-/m1/s1. The molecule has 1 amide bonds. The van der Waals surface area contributed by atoms with Gasteiger partial charge in [-0.15, -0.1) is 0 Å². The van der Waals surface area contributed by atoms with Crippen LogP contribution in [0.1, 0.15) is 5.56 Å². The number of hydrogen-bond acceptors (Lipinski definition) is 6. The summed E-state index contributed by atoms with van der Waals surface area (Å²) in [6.07, 6.45) is -1.21. The lowest BCUT2D eigenvalue weighted by Gasteiger charge is -2.34. The van der Waals surface area contributed by atoms with Crippen LogP contribution in [0.5, 0.6) is 5.75 Å². The van der Waals surface area contributed by atoms with Gasteiger partial charge in [0.2, 0.25) is 10.0 Å². The van der Waals surface area contributed by atoms with Gasteiger partial charge in [0.1, 0.15) is 5.75 Å². The third kappa shape index (κ3) is 4.91. The molecule has 4 rings (SSSR count). The zero-order valence-corrected chi connectivity index (χ0v) is 18.6. The molecule has 0 aliphatic carbocycles. The number of anilines is 2. The van der Waals surface area contributed by atoms with Crippen LogP contribution in [0.2, 0.25) is 5.02 Å². The molecule has 3 aromatic rings. The number of rotatable bonds is 6. The van der Waals surface area contributed by atoms with Gasteiger partial charge in [0.15, 0.2) is 6.10 Å². The number of nitro groups is 1. The van der Waals surface area contributed by atoms with Gasteiger partial charge in [0.05, 0.1) is 33.6 Å². The Morgan fingerprint density at radius 1 is 1.12 bits per heavy atom. The van der Waals surface area contributed by atoms with Gasteiger partial charge in [-0.25, -0.2) is 8.42 Å². The second-order valence-electron chi connectivity index (χ2n) is 7.26. The van der Waals surface area contributed by atoms with Gasteiger partial charge in [0, 0.05) is 12.1 Å². The summed E-state index contributed by atoms with van der Waals surface area (Å²) in [7, 11) is -3.86. The number of carbonyl (C=O) groups is 1. The molecule has 0 spiro atoms. The number of para-hydroxylation sites is 2. The Bertz CT molecular complexity index is 1320. The Balaban J connectivity index is 1.62. The van der Waals surface area contributed by atoms with Crippen molar-refractivity contribution in [1.82, 2.24) is 0 Å². The highest BCUT2D eigenvalue weighted by Gasteiger charge is 2.37. The van der Waals surface area contributed by atoms with Crippen molar-refractivity contribution < 1.29 is 22.9 Å². The molecule has 1 aliphatic rings. The minimum absolute atomic E-state index is 0.0250. The van der Waals surface area contributed by atoms with Gasteiger partial charge < -0.3 is 10.1 Å². The minimum Gasteiger partial charge on any atom is -0.476 e. The van der Waals surface area contributed by atoms with E-state index in [1.165, 1.54) is 12.1 Å². The molecule has 0 aromatic heterocycles. The molecule has 0 unspecified atom stereocenters. The molecule has 0 bridgehead atoms. The number of amides is 1. The molecule has 1 heterocycles. The van der Waals surface area contributed by atoms with Gasteiger partial charge in [0.25, 0.3) is 11.6 Å². The Hall–Kier alpha value is -3.63. The summed E-state index contributed by atoms with van der Waals surface area (Å²) in [4.78, 5) is 23.4. The van der Waals surface area contributed by atoms with E-state index < -0.39 is 27.0 Å². The average molecular weight is 488 g/mol. The highest BCUT2D eigenvalue weighted by Crippen LogP contribution is 2.36. The average Bonchev–Trinajstić information content (AvgIpc) is 2.80. The van der Waals surface area contributed by atoms with Gasteiger partial charge in [-0.1, -0.05) is 54.1 Å². The third-order valence-electron chi connectivity index (χ3n) is 4.97. The summed E-state index contributed by atoms with van der Waals surface area (Å²) >= 11 is 6.07. The molecule has 0 fully saturated rings. The van der Waals surface area contributed by atoms with Crippen molar-refractivity contribution in [1.29, 1.82) is 0 Å². The van der Waals surface area contributed by atoms with Crippen LogP contribution in [0.3, 0.4) is 0 Å².